The molecule has 4 rings (SSSR count). The zero-order chi connectivity index (χ0) is 19.0. The van der Waals surface area contributed by atoms with Gasteiger partial charge in [-0.25, -0.2) is 9.50 Å². The number of non-ortho nitro benzene ring substituents is 1. The predicted molar refractivity (Wildman–Crippen MR) is 99.8 cm³/mol. The van der Waals surface area contributed by atoms with E-state index >= 15 is 0 Å². The van der Waals surface area contributed by atoms with E-state index in [1.54, 1.807) is 36.5 Å². The minimum absolute atomic E-state index is 0.0809. The second-order valence-corrected chi connectivity index (χ2v) is 5.82. The third-order valence-electron chi connectivity index (χ3n) is 4.16. The summed E-state index contributed by atoms with van der Waals surface area (Å²) in [5, 5.41) is 14.0. The molecule has 4 aromatic rings. The highest BCUT2D eigenvalue weighted by atomic mass is 16.6. The Balaban J connectivity index is 1.69. The van der Waals surface area contributed by atoms with Crippen molar-refractivity contribution in [3.8, 4) is 0 Å². The van der Waals surface area contributed by atoms with E-state index in [0.717, 1.165) is 0 Å². The van der Waals surface area contributed by atoms with E-state index in [2.05, 4.69) is 10.1 Å². The fraction of sp³-hybridized carbons (Fsp3) is 0. The zero-order valence-corrected chi connectivity index (χ0v) is 13.8. The van der Waals surface area contributed by atoms with Crippen LogP contribution in [0.5, 0.6) is 0 Å². The second-order valence-electron chi connectivity index (χ2n) is 5.82. The van der Waals surface area contributed by atoms with Gasteiger partial charge in [-0.15, -0.1) is 0 Å². The number of H-pyrrole nitrogens is 1. The molecule has 0 unspecified atom stereocenters. The van der Waals surface area contributed by atoms with Crippen molar-refractivity contribution in [3.05, 3.63) is 92.4 Å². The first kappa shape index (κ1) is 16.4. The number of nitro benzene ring substituents is 1. The number of benzene rings is 2. The highest BCUT2D eigenvalue weighted by molar-refractivity contribution is 6.07. The molecule has 8 heteroatoms. The highest BCUT2D eigenvalue weighted by Crippen LogP contribution is 2.15. The Hall–Kier alpha value is -4.07. The Morgan fingerprint density at radius 3 is 2.63 bits per heavy atom. The van der Waals surface area contributed by atoms with Crippen molar-refractivity contribution in [2.75, 3.05) is 0 Å². The normalized spacial score (nSPS) is 11.4. The van der Waals surface area contributed by atoms with Gasteiger partial charge in [0, 0.05) is 29.5 Å². The van der Waals surface area contributed by atoms with E-state index < -0.39 is 4.92 Å². The summed E-state index contributed by atoms with van der Waals surface area (Å²) in [6, 6.07) is 12.4. The summed E-state index contributed by atoms with van der Waals surface area (Å²) in [5.41, 5.74) is 1.57. The molecule has 2 aromatic heterocycles. The summed E-state index contributed by atoms with van der Waals surface area (Å²) in [6.45, 7) is 0. The Bertz CT molecular complexity index is 1280. The number of carbonyl (C=O) groups excluding carboxylic acids is 1. The van der Waals surface area contributed by atoms with Crippen LogP contribution in [0.2, 0.25) is 0 Å². The van der Waals surface area contributed by atoms with Gasteiger partial charge in [0.25, 0.3) is 11.2 Å². The minimum atomic E-state index is -0.524. The van der Waals surface area contributed by atoms with Crippen molar-refractivity contribution in [2.45, 2.75) is 0 Å². The smallest absolute Gasteiger partial charge is 0.280 e. The predicted octanol–water partition coefficient (Wildman–Crippen LogP) is 2.98. The molecule has 2 heterocycles. The average molecular weight is 360 g/mol. The van der Waals surface area contributed by atoms with Gasteiger partial charge < -0.3 is 0 Å². The number of nitrogens with zero attached hydrogens (tertiary/aromatic N) is 3. The minimum Gasteiger partial charge on any atom is -0.296 e. The number of aromatic nitrogens is 3. The van der Waals surface area contributed by atoms with Gasteiger partial charge in [0.1, 0.15) is 0 Å². The molecule has 0 bridgehead atoms. The largest absolute Gasteiger partial charge is 0.296 e. The molecule has 0 saturated carbocycles. The monoisotopic (exact) mass is 360 g/mol. The number of para-hydroxylation sites is 1. The number of ketones is 1. The lowest BCUT2D eigenvalue weighted by Crippen LogP contribution is -2.15. The van der Waals surface area contributed by atoms with Gasteiger partial charge in [-0.1, -0.05) is 12.1 Å². The quantitative estimate of drug-likeness (QED) is 0.260. The first-order valence-electron chi connectivity index (χ1n) is 8.00. The fourth-order valence-electron chi connectivity index (χ4n) is 2.78. The Morgan fingerprint density at radius 2 is 1.89 bits per heavy atom. The standard InChI is InChI=1S/C19H12N4O4/c24-17(12-5-8-14(9-6-12)23(26)27)10-7-13-11-20-22-18(13)21-16-4-2-1-3-15(16)19(22)25/h1-11,20H/b10-7+. The molecule has 0 saturated heterocycles. The molecule has 0 radical (unpaired) electrons. The maximum atomic E-state index is 12.5. The molecule has 0 atom stereocenters. The number of hydrogen-bond acceptors (Lipinski definition) is 5. The highest BCUT2D eigenvalue weighted by Gasteiger charge is 2.10. The summed E-state index contributed by atoms with van der Waals surface area (Å²) in [7, 11) is 0. The molecule has 0 fully saturated rings. The van der Waals surface area contributed by atoms with E-state index in [0.29, 0.717) is 27.7 Å². The lowest BCUT2D eigenvalue weighted by atomic mass is 10.1. The Morgan fingerprint density at radius 1 is 1.15 bits per heavy atom. The van der Waals surface area contributed by atoms with Crippen molar-refractivity contribution in [1.82, 2.24) is 14.6 Å². The van der Waals surface area contributed by atoms with Crippen LogP contribution in [0.3, 0.4) is 0 Å². The number of rotatable bonds is 4. The topological polar surface area (TPSA) is 110 Å². The van der Waals surface area contributed by atoms with Crippen LogP contribution >= 0.6 is 0 Å². The van der Waals surface area contributed by atoms with Crippen LogP contribution < -0.4 is 5.56 Å². The van der Waals surface area contributed by atoms with Crippen molar-refractivity contribution in [1.29, 1.82) is 0 Å². The molecule has 1 N–H and O–H groups in total. The molecule has 0 aliphatic heterocycles. The van der Waals surface area contributed by atoms with Crippen LogP contribution in [0.1, 0.15) is 15.9 Å². The van der Waals surface area contributed by atoms with Crippen LogP contribution in [0, 0.1) is 10.1 Å². The van der Waals surface area contributed by atoms with E-state index in [1.807, 2.05) is 0 Å². The van der Waals surface area contributed by atoms with Crippen molar-refractivity contribution >= 4 is 34.1 Å². The third-order valence-corrected chi connectivity index (χ3v) is 4.16. The maximum Gasteiger partial charge on any atom is 0.280 e. The number of nitrogens with one attached hydrogen (secondary N) is 1. The summed E-state index contributed by atoms with van der Waals surface area (Å²) in [6.07, 6.45) is 4.48. The Labute approximate surface area is 151 Å². The molecule has 27 heavy (non-hydrogen) atoms. The lowest BCUT2D eigenvalue weighted by Gasteiger charge is -1.99. The molecular formula is C19H12N4O4. The van der Waals surface area contributed by atoms with Gasteiger partial charge in [-0.2, -0.15) is 0 Å². The first-order valence-corrected chi connectivity index (χ1v) is 8.00. The molecule has 8 nitrogen and oxygen atoms in total. The van der Waals surface area contributed by atoms with E-state index in [4.69, 9.17) is 0 Å². The molecule has 0 amide bonds. The van der Waals surface area contributed by atoms with Crippen molar-refractivity contribution < 1.29 is 9.72 Å². The first-order chi connectivity index (χ1) is 13.0. The molecule has 132 valence electrons. The number of carbonyl (C=O) groups is 1. The summed E-state index contributed by atoms with van der Waals surface area (Å²) in [4.78, 5) is 39.4. The van der Waals surface area contributed by atoms with Crippen molar-refractivity contribution in [3.63, 3.8) is 0 Å². The summed E-state index contributed by atoms with van der Waals surface area (Å²) in [5.74, 6) is -0.313. The number of hydrogen-bond donors (Lipinski definition) is 1. The average Bonchev–Trinajstić information content (AvgIpc) is 3.09. The number of allylic oxidation sites excluding steroid dienone is 1. The summed E-state index contributed by atoms with van der Waals surface area (Å²) >= 11 is 0. The van der Waals surface area contributed by atoms with E-state index in [-0.39, 0.29) is 17.0 Å². The molecular weight excluding hydrogens is 348 g/mol. The zero-order valence-electron chi connectivity index (χ0n) is 13.8. The fourth-order valence-corrected chi connectivity index (χ4v) is 2.78. The van der Waals surface area contributed by atoms with Crippen LogP contribution in [-0.2, 0) is 0 Å². The van der Waals surface area contributed by atoms with Crippen LogP contribution in [-0.4, -0.2) is 25.3 Å². The van der Waals surface area contributed by atoms with Crippen LogP contribution in [0.4, 0.5) is 5.69 Å². The number of aromatic amines is 1. The van der Waals surface area contributed by atoms with Gasteiger partial charge in [0.15, 0.2) is 11.4 Å². The van der Waals surface area contributed by atoms with Gasteiger partial charge in [0.2, 0.25) is 0 Å². The maximum absolute atomic E-state index is 12.5. The molecule has 0 spiro atoms. The van der Waals surface area contributed by atoms with Crippen LogP contribution in [0.15, 0.2) is 65.6 Å². The number of fused-ring (bicyclic) bond motifs is 2. The Kier molecular flexibility index (Phi) is 3.85. The van der Waals surface area contributed by atoms with E-state index in [9.17, 15) is 19.7 Å². The molecule has 0 aliphatic rings. The number of nitro groups is 1. The van der Waals surface area contributed by atoms with Crippen LogP contribution in [0.25, 0.3) is 22.6 Å². The van der Waals surface area contributed by atoms with E-state index in [1.165, 1.54) is 34.9 Å². The third kappa shape index (κ3) is 2.89. The molecule has 0 aliphatic carbocycles. The molecule has 2 aromatic carbocycles. The second kappa shape index (κ2) is 6.34. The SMILES string of the molecule is O=C(/C=C/c1c[nH]n2c(=O)c3ccccc3nc12)c1ccc([N+](=O)[O-])cc1. The summed E-state index contributed by atoms with van der Waals surface area (Å²) < 4.78 is 1.32. The van der Waals surface area contributed by atoms with Gasteiger partial charge in [-0.3, -0.25) is 24.8 Å². The van der Waals surface area contributed by atoms with Gasteiger partial charge >= 0.3 is 0 Å². The van der Waals surface area contributed by atoms with Gasteiger partial charge in [-0.05, 0) is 36.4 Å². The lowest BCUT2D eigenvalue weighted by molar-refractivity contribution is -0.384. The van der Waals surface area contributed by atoms with Gasteiger partial charge in [0.05, 0.1) is 15.8 Å². The van der Waals surface area contributed by atoms with Crippen molar-refractivity contribution in [2.24, 2.45) is 0 Å².